The number of carbonyl (C=O) groups is 1. The summed E-state index contributed by atoms with van der Waals surface area (Å²) in [6, 6.07) is 22.8. The third kappa shape index (κ3) is 5.17. The van der Waals surface area contributed by atoms with Gasteiger partial charge in [0.1, 0.15) is 5.75 Å². The summed E-state index contributed by atoms with van der Waals surface area (Å²) >= 11 is 0. The molecule has 0 spiro atoms. The van der Waals surface area contributed by atoms with Crippen LogP contribution < -0.4 is 15.0 Å². The topological polar surface area (TPSA) is 44.8 Å². The predicted octanol–water partition coefficient (Wildman–Crippen LogP) is 4.24. The zero-order valence-corrected chi connectivity index (χ0v) is 18.4. The molecule has 3 aromatic carbocycles. The largest absolute Gasteiger partial charge is 0.492 e. The van der Waals surface area contributed by atoms with Gasteiger partial charge in [0.05, 0.1) is 24.9 Å². The summed E-state index contributed by atoms with van der Waals surface area (Å²) in [6.45, 7) is 8.63. The number of hydrogen-bond acceptors (Lipinski definition) is 4. The van der Waals surface area contributed by atoms with Gasteiger partial charge in [-0.25, -0.2) is 0 Å². The highest BCUT2D eigenvalue weighted by molar-refractivity contribution is 5.83. The molecule has 1 saturated heterocycles. The van der Waals surface area contributed by atoms with Gasteiger partial charge in [0.15, 0.2) is 0 Å². The Morgan fingerprint density at radius 2 is 1.68 bits per heavy atom. The molecule has 0 aromatic heterocycles. The van der Waals surface area contributed by atoms with E-state index in [-0.39, 0.29) is 11.9 Å². The van der Waals surface area contributed by atoms with Gasteiger partial charge in [-0.2, -0.15) is 0 Å². The van der Waals surface area contributed by atoms with E-state index in [1.165, 1.54) is 10.8 Å². The first-order chi connectivity index (χ1) is 15.1. The molecule has 162 valence electrons. The number of fused-ring (bicyclic) bond motifs is 1. The van der Waals surface area contributed by atoms with Crippen LogP contribution in [0.5, 0.6) is 5.75 Å². The molecular weight excluding hydrogens is 386 g/mol. The van der Waals surface area contributed by atoms with Crippen molar-refractivity contribution in [3.8, 4) is 5.75 Å². The zero-order chi connectivity index (χ0) is 21.6. The lowest BCUT2D eigenvalue weighted by atomic mass is 10.0. The van der Waals surface area contributed by atoms with Crippen molar-refractivity contribution in [2.24, 2.45) is 0 Å². The molecule has 0 radical (unpaired) electrons. The van der Waals surface area contributed by atoms with Crippen LogP contribution in [0.2, 0.25) is 0 Å². The van der Waals surface area contributed by atoms with E-state index in [0.29, 0.717) is 13.2 Å². The van der Waals surface area contributed by atoms with E-state index < -0.39 is 0 Å². The van der Waals surface area contributed by atoms with Gasteiger partial charge in [-0.05, 0) is 48.4 Å². The van der Waals surface area contributed by atoms with E-state index in [0.717, 1.165) is 43.2 Å². The highest BCUT2D eigenvalue weighted by Crippen LogP contribution is 2.28. The molecule has 1 amide bonds. The molecule has 1 aliphatic heterocycles. The molecule has 4 rings (SSSR count). The van der Waals surface area contributed by atoms with Gasteiger partial charge in [-0.1, -0.05) is 48.5 Å². The third-order valence-electron chi connectivity index (χ3n) is 5.90. The van der Waals surface area contributed by atoms with Crippen LogP contribution in [0, 0.1) is 0 Å². The lowest BCUT2D eigenvalue weighted by Gasteiger charge is -2.36. The van der Waals surface area contributed by atoms with Crippen molar-refractivity contribution in [2.45, 2.75) is 19.9 Å². The van der Waals surface area contributed by atoms with Crippen LogP contribution in [-0.2, 0) is 4.79 Å². The van der Waals surface area contributed by atoms with Crippen LogP contribution in [-0.4, -0.2) is 50.1 Å². The number of ether oxygens (including phenoxy) is 1. The minimum atomic E-state index is -0.0172. The number of nitrogens with zero attached hydrogens (tertiary/aromatic N) is 2. The molecule has 0 bridgehead atoms. The van der Waals surface area contributed by atoms with Crippen LogP contribution in [0.3, 0.4) is 0 Å². The summed E-state index contributed by atoms with van der Waals surface area (Å²) in [5.41, 5.74) is 2.27. The summed E-state index contributed by atoms with van der Waals surface area (Å²) in [7, 11) is 0. The lowest BCUT2D eigenvalue weighted by Crippen LogP contribution is -2.49. The van der Waals surface area contributed by atoms with E-state index in [4.69, 9.17) is 4.74 Å². The highest BCUT2D eigenvalue weighted by atomic mass is 16.5. The Hall–Kier alpha value is -3.05. The first-order valence-corrected chi connectivity index (χ1v) is 11.1. The SMILES string of the molecule is CCOc1ccccc1N1CCN(CC(=O)N[C@@H](C)c2ccc3ccccc3c2)CC1. The molecule has 5 nitrogen and oxygen atoms in total. The summed E-state index contributed by atoms with van der Waals surface area (Å²) in [5, 5.41) is 5.58. The Bertz CT molecular complexity index is 1030. The average Bonchev–Trinajstić information content (AvgIpc) is 2.80. The quantitative estimate of drug-likeness (QED) is 0.625. The number of para-hydroxylation sites is 2. The first kappa shape index (κ1) is 21.2. The van der Waals surface area contributed by atoms with Gasteiger partial charge >= 0.3 is 0 Å². The van der Waals surface area contributed by atoms with Crippen molar-refractivity contribution >= 4 is 22.4 Å². The van der Waals surface area contributed by atoms with Crippen molar-refractivity contribution < 1.29 is 9.53 Å². The Balaban J connectivity index is 1.30. The van der Waals surface area contributed by atoms with Crippen LogP contribution in [0.1, 0.15) is 25.5 Å². The molecule has 5 heteroatoms. The van der Waals surface area contributed by atoms with E-state index in [1.807, 2.05) is 44.2 Å². The normalized spacial score (nSPS) is 15.6. The van der Waals surface area contributed by atoms with Crippen molar-refractivity contribution in [1.82, 2.24) is 10.2 Å². The molecule has 1 atom stereocenters. The average molecular weight is 418 g/mol. The van der Waals surface area contributed by atoms with Gasteiger partial charge < -0.3 is 15.0 Å². The molecule has 0 saturated carbocycles. The lowest BCUT2D eigenvalue weighted by molar-refractivity contribution is -0.123. The van der Waals surface area contributed by atoms with E-state index in [1.54, 1.807) is 0 Å². The summed E-state index contributed by atoms with van der Waals surface area (Å²) in [6.07, 6.45) is 0. The minimum Gasteiger partial charge on any atom is -0.492 e. The van der Waals surface area contributed by atoms with Gasteiger partial charge in [0, 0.05) is 26.2 Å². The van der Waals surface area contributed by atoms with Crippen LogP contribution in [0.15, 0.2) is 66.7 Å². The maximum Gasteiger partial charge on any atom is 0.234 e. The van der Waals surface area contributed by atoms with Gasteiger partial charge in [0.2, 0.25) is 5.91 Å². The maximum absolute atomic E-state index is 12.7. The second-order valence-corrected chi connectivity index (χ2v) is 8.06. The van der Waals surface area contributed by atoms with Crippen molar-refractivity contribution in [3.05, 3.63) is 72.3 Å². The Labute approximate surface area is 184 Å². The summed E-state index contributed by atoms with van der Waals surface area (Å²) in [4.78, 5) is 17.2. The third-order valence-corrected chi connectivity index (χ3v) is 5.90. The fourth-order valence-electron chi connectivity index (χ4n) is 4.19. The number of nitrogens with one attached hydrogen (secondary N) is 1. The molecular formula is C26H31N3O2. The number of hydrogen-bond donors (Lipinski definition) is 1. The standard InChI is InChI=1S/C26H31N3O2/c1-3-31-25-11-7-6-10-24(25)29-16-14-28(15-17-29)19-26(30)27-20(2)22-13-12-21-8-4-5-9-23(21)18-22/h4-13,18,20H,3,14-17,19H2,1-2H3,(H,27,30)/t20-/m0/s1. The number of piperazine rings is 1. The Kier molecular flexibility index (Phi) is 6.73. The van der Waals surface area contributed by atoms with Crippen LogP contribution in [0.4, 0.5) is 5.69 Å². The summed E-state index contributed by atoms with van der Waals surface area (Å²) < 4.78 is 5.77. The van der Waals surface area contributed by atoms with Crippen molar-refractivity contribution in [3.63, 3.8) is 0 Å². The molecule has 0 aliphatic carbocycles. The van der Waals surface area contributed by atoms with Crippen LogP contribution >= 0.6 is 0 Å². The second kappa shape index (κ2) is 9.84. The second-order valence-electron chi connectivity index (χ2n) is 8.06. The molecule has 1 fully saturated rings. The molecule has 3 aromatic rings. The molecule has 0 unspecified atom stereocenters. The smallest absolute Gasteiger partial charge is 0.234 e. The minimum absolute atomic E-state index is 0.0172. The predicted molar refractivity (Wildman–Crippen MR) is 127 cm³/mol. The van der Waals surface area contributed by atoms with Gasteiger partial charge in [0.25, 0.3) is 0 Å². The fraction of sp³-hybridized carbons (Fsp3) is 0.346. The van der Waals surface area contributed by atoms with Crippen molar-refractivity contribution in [1.29, 1.82) is 0 Å². The number of rotatable bonds is 7. The van der Waals surface area contributed by atoms with Gasteiger partial charge in [-0.15, -0.1) is 0 Å². The van der Waals surface area contributed by atoms with Crippen LogP contribution in [0.25, 0.3) is 10.8 Å². The number of amides is 1. The number of benzene rings is 3. The highest BCUT2D eigenvalue weighted by Gasteiger charge is 2.21. The fourth-order valence-corrected chi connectivity index (χ4v) is 4.19. The summed E-state index contributed by atoms with van der Waals surface area (Å²) in [5.74, 6) is 1.00. The van der Waals surface area contributed by atoms with E-state index >= 15 is 0 Å². The van der Waals surface area contributed by atoms with Crippen molar-refractivity contribution in [2.75, 3.05) is 44.2 Å². The van der Waals surface area contributed by atoms with Gasteiger partial charge in [-0.3, -0.25) is 9.69 Å². The molecule has 1 N–H and O–H groups in total. The Morgan fingerprint density at radius 1 is 0.968 bits per heavy atom. The molecule has 1 aliphatic rings. The maximum atomic E-state index is 12.7. The molecule has 1 heterocycles. The number of anilines is 1. The monoisotopic (exact) mass is 417 g/mol. The molecule has 31 heavy (non-hydrogen) atoms. The first-order valence-electron chi connectivity index (χ1n) is 11.1. The van der Waals surface area contributed by atoms with E-state index in [2.05, 4.69) is 51.5 Å². The Morgan fingerprint density at radius 3 is 2.45 bits per heavy atom. The zero-order valence-electron chi connectivity index (χ0n) is 18.4. The van der Waals surface area contributed by atoms with E-state index in [9.17, 15) is 4.79 Å². The number of carbonyl (C=O) groups excluding carboxylic acids is 1.